The van der Waals surface area contributed by atoms with Gasteiger partial charge in [-0.15, -0.1) is 0 Å². The number of ether oxygens (including phenoxy) is 4. The van der Waals surface area contributed by atoms with E-state index in [-0.39, 0.29) is 53.1 Å². The van der Waals surface area contributed by atoms with Crippen LogP contribution in [0.4, 0.5) is 38.3 Å². The summed E-state index contributed by atoms with van der Waals surface area (Å²) in [5, 5.41) is 3.49. The number of rotatable bonds is 9. The van der Waals surface area contributed by atoms with E-state index < -0.39 is 75.8 Å². The zero-order chi connectivity index (χ0) is 44.6. The quantitative estimate of drug-likeness (QED) is 0.0658. The van der Waals surface area contributed by atoms with Crippen molar-refractivity contribution in [1.82, 2.24) is 25.2 Å². The molecule has 2 aromatic heterocycles. The zero-order valence-electron chi connectivity index (χ0n) is 35.6. The van der Waals surface area contributed by atoms with E-state index in [1.54, 1.807) is 92.3 Å². The Morgan fingerprint density at radius 1 is 0.952 bits per heavy atom. The highest BCUT2D eigenvalue weighted by Crippen LogP contribution is 2.52. The third-order valence-electron chi connectivity index (χ3n) is 11.4. The van der Waals surface area contributed by atoms with Gasteiger partial charge in [0.05, 0.1) is 37.1 Å². The maximum absolute atomic E-state index is 17.7. The van der Waals surface area contributed by atoms with Crippen molar-refractivity contribution >= 4 is 40.3 Å². The number of nitrogens with zero attached hydrogens (tertiary/aromatic N) is 6. The molecule has 2 fully saturated rings. The van der Waals surface area contributed by atoms with Crippen molar-refractivity contribution < 1.29 is 45.7 Å². The van der Waals surface area contributed by atoms with Crippen molar-refractivity contribution in [3.63, 3.8) is 0 Å². The molecular weight excluding hydrogens is 834 g/mol. The Balaban J connectivity index is 1.31. The summed E-state index contributed by atoms with van der Waals surface area (Å²) in [6, 6.07) is 14.7. The highest BCUT2D eigenvalue weighted by molar-refractivity contribution is 7.98. The number of hydrogen-bond acceptors (Lipinski definition) is 12. The predicted molar refractivity (Wildman–Crippen MR) is 225 cm³/mol. The molecule has 1 amide bonds. The molecular formula is C44H46F5N7O5S. The second-order valence-electron chi connectivity index (χ2n) is 16.6. The van der Waals surface area contributed by atoms with Gasteiger partial charge in [-0.2, -0.15) is 13.2 Å². The van der Waals surface area contributed by atoms with Gasteiger partial charge in [0.25, 0.3) is 0 Å². The van der Waals surface area contributed by atoms with Gasteiger partial charge in [-0.25, -0.2) is 28.5 Å². The minimum atomic E-state index is -5.14. The number of carbonyl (C=O) groups is 1. The van der Waals surface area contributed by atoms with Crippen molar-refractivity contribution in [3.8, 4) is 28.6 Å². The molecule has 0 bridgehead atoms. The van der Waals surface area contributed by atoms with Gasteiger partial charge in [0, 0.05) is 19.6 Å². The largest absolute Gasteiger partial charge is 0.497 e. The molecule has 0 radical (unpaired) electrons. The van der Waals surface area contributed by atoms with E-state index in [0.29, 0.717) is 22.6 Å². The molecule has 3 aliphatic heterocycles. The Labute approximate surface area is 359 Å². The molecule has 1 N–H and O–H groups in total. The van der Waals surface area contributed by atoms with Crippen LogP contribution in [0.3, 0.4) is 0 Å². The lowest BCUT2D eigenvalue weighted by Gasteiger charge is -2.44. The molecule has 1 spiro atoms. The van der Waals surface area contributed by atoms with Crippen LogP contribution in [0, 0.1) is 18.6 Å². The van der Waals surface area contributed by atoms with Gasteiger partial charge in [-0.1, -0.05) is 36.0 Å². The number of piperazine rings is 1. The summed E-state index contributed by atoms with van der Waals surface area (Å²) in [5.74, 6) is -1.55. The van der Waals surface area contributed by atoms with Crippen molar-refractivity contribution in [2.24, 2.45) is 0 Å². The van der Waals surface area contributed by atoms with Crippen LogP contribution < -0.4 is 29.3 Å². The normalized spacial score (nSPS) is 20.5. The van der Waals surface area contributed by atoms with E-state index in [9.17, 15) is 4.79 Å². The standard InChI is InChI=1S/C44H46F5N7O5S/c1-22-18-29(54(20-25-10-14-27(58-7)15-11-25)21-26-12-16-28(59-8)17-13-26)33(45)30(32(22)44(47,48)49)35-34(46)36-31-37(52-40(51-36)62-9)55-19-23(2)56(41(57)61-42(4,5)6)39-43(55,53-39)24(3)60-38(31)50-35/h10-18,23-24,39,53H,19-21H2,1-9H3/t23-,24+,39?,43-/m1/s1. The number of amides is 1. The van der Waals surface area contributed by atoms with Gasteiger partial charge < -0.3 is 28.7 Å². The monoisotopic (exact) mass is 879 g/mol. The Kier molecular flexibility index (Phi) is 10.8. The summed E-state index contributed by atoms with van der Waals surface area (Å²) < 4.78 is 104. The molecule has 1 unspecified atom stereocenters. The number of alkyl halides is 3. The molecule has 62 heavy (non-hydrogen) atoms. The van der Waals surface area contributed by atoms with Crippen molar-refractivity contribution in [2.45, 2.75) is 95.5 Å². The first-order valence-electron chi connectivity index (χ1n) is 19.9. The lowest BCUT2D eigenvalue weighted by molar-refractivity contribution is -0.137. The van der Waals surface area contributed by atoms with E-state index in [1.807, 2.05) is 11.8 Å². The Morgan fingerprint density at radius 2 is 1.55 bits per heavy atom. The second kappa shape index (κ2) is 15.6. The Morgan fingerprint density at radius 3 is 2.08 bits per heavy atom. The van der Waals surface area contributed by atoms with Crippen LogP contribution in [0.5, 0.6) is 17.4 Å². The number of benzene rings is 3. The third-order valence-corrected chi connectivity index (χ3v) is 11.9. The zero-order valence-corrected chi connectivity index (χ0v) is 36.4. The van der Waals surface area contributed by atoms with E-state index in [2.05, 4.69) is 15.3 Å². The molecule has 3 aliphatic rings. The van der Waals surface area contributed by atoms with Crippen LogP contribution in [0.2, 0.25) is 0 Å². The number of thioether (sulfide) groups is 1. The summed E-state index contributed by atoms with van der Waals surface area (Å²) in [6.07, 6.45) is -5.55. The number of anilines is 2. The number of nitrogens with one attached hydrogen (secondary N) is 1. The molecule has 5 heterocycles. The number of pyridine rings is 1. The minimum absolute atomic E-state index is 0.000578. The van der Waals surface area contributed by atoms with Crippen LogP contribution in [-0.4, -0.2) is 82.5 Å². The maximum Gasteiger partial charge on any atom is 0.417 e. The highest BCUT2D eigenvalue weighted by Gasteiger charge is 2.71. The predicted octanol–water partition coefficient (Wildman–Crippen LogP) is 9.10. The van der Waals surface area contributed by atoms with Crippen molar-refractivity contribution in [3.05, 3.63) is 88.5 Å². The van der Waals surface area contributed by atoms with E-state index >= 15 is 22.0 Å². The fourth-order valence-corrected chi connectivity index (χ4v) is 8.84. The van der Waals surface area contributed by atoms with Gasteiger partial charge in [-0.3, -0.25) is 10.2 Å². The highest BCUT2D eigenvalue weighted by atomic mass is 32.2. The molecule has 18 heteroatoms. The number of aromatic nitrogens is 3. The first-order valence-corrected chi connectivity index (χ1v) is 21.1. The van der Waals surface area contributed by atoms with Gasteiger partial charge >= 0.3 is 12.3 Å². The van der Waals surface area contributed by atoms with Crippen molar-refractivity contribution in [2.75, 3.05) is 36.8 Å². The van der Waals surface area contributed by atoms with Crippen LogP contribution in [0.1, 0.15) is 56.9 Å². The van der Waals surface area contributed by atoms with Gasteiger partial charge in [0.2, 0.25) is 5.88 Å². The lowest BCUT2D eigenvalue weighted by Crippen LogP contribution is -2.63. The first kappa shape index (κ1) is 43.0. The van der Waals surface area contributed by atoms with Crippen LogP contribution in [-0.2, 0) is 24.0 Å². The van der Waals surface area contributed by atoms with Gasteiger partial charge in [0.1, 0.15) is 51.8 Å². The molecule has 328 valence electrons. The van der Waals surface area contributed by atoms with E-state index in [0.717, 1.165) is 17.8 Å². The number of hydrogen-bond donors (Lipinski definition) is 1. The Hall–Kier alpha value is -5.62. The van der Waals surface area contributed by atoms with Gasteiger partial charge in [0.15, 0.2) is 22.5 Å². The fraction of sp³-hybridized carbons (Fsp3) is 0.409. The van der Waals surface area contributed by atoms with E-state index in [1.165, 1.54) is 21.1 Å². The third kappa shape index (κ3) is 7.43. The first-order chi connectivity index (χ1) is 29.3. The number of halogens is 5. The molecule has 12 nitrogen and oxygen atoms in total. The summed E-state index contributed by atoms with van der Waals surface area (Å²) in [7, 11) is 3.04. The number of aryl methyl sites for hydroxylation is 1. The molecule has 4 atom stereocenters. The summed E-state index contributed by atoms with van der Waals surface area (Å²) in [4.78, 5) is 32.3. The average molecular weight is 880 g/mol. The van der Waals surface area contributed by atoms with Crippen LogP contribution in [0.25, 0.3) is 22.2 Å². The lowest BCUT2D eigenvalue weighted by atomic mass is 9.95. The Bertz CT molecular complexity index is 2510. The molecule has 5 aromatic rings. The fourth-order valence-electron chi connectivity index (χ4n) is 8.48. The topological polar surface area (TPSA) is 124 Å². The molecule has 0 aliphatic carbocycles. The smallest absolute Gasteiger partial charge is 0.417 e. The summed E-state index contributed by atoms with van der Waals surface area (Å²) in [6.45, 7) is 10.3. The van der Waals surface area contributed by atoms with E-state index in [4.69, 9.17) is 23.9 Å². The summed E-state index contributed by atoms with van der Waals surface area (Å²) >= 11 is 1.09. The second-order valence-corrected chi connectivity index (χ2v) is 17.4. The molecule has 8 rings (SSSR count). The minimum Gasteiger partial charge on any atom is -0.497 e. The van der Waals surface area contributed by atoms with Gasteiger partial charge in [-0.05, 0) is 94.8 Å². The van der Waals surface area contributed by atoms with Crippen LogP contribution in [0.15, 0.2) is 59.8 Å². The SMILES string of the molecule is COc1ccc(CN(Cc2ccc(OC)cc2)c2cc(C)c(C(F)(F)F)c(-c3nc4c5c(nc(SC)nc5c3F)N3C[C@@H](C)N(C(=O)OC(C)(C)C)C5N[C@@]53[C@H](C)O4)c2F)cc1. The maximum atomic E-state index is 17.7. The van der Waals surface area contributed by atoms with Crippen LogP contribution >= 0.6 is 11.8 Å². The van der Waals surface area contributed by atoms with Crippen molar-refractivity contribution in [1.29, 1.82) is 0 Å². The molecule has 2 saturated heterocycles. The molecule has 0 saturated carbocycles. The molecule has 3 aromatic carbocycles. The summed E-state index contributed by atoms with van der Waals surface area (Å²) in [5.41, 5.74) is -4.90. The number of methoxy groups -OCH3 is 2. The number of carbonyl (C=O) groups excluding carboxylic acids is 1. The average Bonchev–Trinajstić information content (AvgIpc) is 3.98. The number of fused-ring (bicyclic) bond motifs is 1.